The first-order valence-electron chi connectivity index (χ1n) is 10.4. The van der Waals surface area contributed by atoms with Crippen molar-refractivity contribution in [2.75, 3.05) is 18.9 Å². The normalized spacial score (nSPS) is 24.2. The molecular weight excluding hydrogens is 430 g/mol. The summed E-state index contributed by atoms with van der Waals surface area (Å²) in [5.41, 5.74) is -0.106. The zero-order chi connectivity index (χ0) is 23.5. The van der Waals surface area contributed by atoms with Gasteiger partial charge in [-0.3, -0.25) is 14.5 Å². The number of carbonyl (C=O) groups is 2. The number of likely N-dealkylation sites (N-methyl/N-ethyl adjacent to an activating group) is 1. The number of phenols is 2. The van der Waals surface area contributed by atoms with Crippen molar-refractivity contribution >= 4 is 17.4 Å². The summed E-state index contributed by atoms with van der Waals surface area (Å²) in [4.78, 5) is 29.2. The number of fused-ring (bicyclic) bond motifs is 2. The van der Waals surface area contributed by atoms with Gasteiger partial charge in [0.2, 0.25) is 5.91 Å². The third-order valence-electron chi connectivity index (χ3n) is 6.76. The topological polar surface area (TPSA) is 89.9 Å². The SMILES string of the molecule is CN1CC(c2ccc(O)c(O)c2)C(C(=O)c2ccc(F)cc2F)C12C(=O)Nc1ccccc12. The van der Waals surface area contributed by atoms with E-state index in [4.69, 9.17) is 0 Å². The number of ketones is 1. The summed E-state index contributed by atoms with van der Waals surface area (Å²) >= 11 is 0. The van der Waals surface area contributed by atoms with Gasteiger partial charge in [0.1, 0.15) is 17.2 Å². The molecule has 3 atom stereocenters. The van der Waals surface area contributed by atoms with Gasteiger partial charge in [-0.25, -0.2) is 8.78 Å². The number of carbonyl (C=O) groups excluding carboxylic acids is 2. The number of halogens is 2. The highest BCUT2D eigenvalue weighted by atomic mass is 19.1. The molecule has 1 saturated heterocycles. The lowest BCUT2D eigenvalue weighted by molar-refractivity contribution is -0.126. The molecule has 3 aromatic rings. The molecule has 168 valence electrons. The van der Waals surface area contributed by atoms with Crippen LogP contribution in [0.1, 0.15) is 27.4 Å². The van der Waals surface area contributed by atoms with Crippen LogP contribution in [0, 0.1) is 17.6 Å². The minimum atomic E-state index is -1.44. The quantitative estimate of drug-likeness (QED) is 0.418. The molecule has 2 aliphatic heterocycles. The number of phenolic OH excluding ortho intramolecular Hbond substituents is 2. The second kappa shape index (κ2) is 7.38. The average Bonchev–Trinajstić information content (AvgIpc) is 3.25. The third kappa shape index (κ3) is 2.94. The van der Waals surface area contributed by atoms with Crippen molar-refractivity contribution in [3.05, 3.63) is 89.0 Å². The molecule has 0 aromatic heterocycles. The van der Waals surface area contributed by atoms with Gasteiger partial charge in [-0.05, 0) is 42.9 Å². The fourth-order valence-corrected chi connectivity index (χ4v) is 5.32. The number of Topliss-reactive ketones (excluding diaryl/α,β-unsaturated/α-hetero) is 1. The van der Waals surface area contributed by atoms with Crippen molar-refractivity contribution in [3.8, 4) is 11.5 Å². The zero-order valence-electron chi connectivity index (χ0n) is 17.5. The molecule has 0 aliphatic carbocycles. The number of hydrogen-bond acceptors (Lipinski definition) is 5. The van der Waals surface area contributed by atoms with Crippen LogP contribution in [-0.4, -0.2) is 40.4 Å². The minimum Gasteiger partial charge on any atom is -0.504 e. The average molecular weight is 450 g/mol. The van der Waals surface area contributed by atoms with Crippen molar-refractivity contribution in [2.45, 2.75) is 11.5 Å². The molecule has 3 N–H and O–H groups in total. The number of aromatic hydroxyl groups is 2. The van der Waals surface area contributed by atoms with Crippen molar-refractivity contribution in [1.29, 1.82) is 0 Å². The Morgan fingerprint density at radius 1 is 1.06 bits per heavy atom. The third-order valence-corrected chi connectivity index (χ3v) is 6.76. The van der Waals surface area contributed by atoms with E-state index in [-0.39, 0.29) is 23.6 Å². The Morgan fingerprint density at radius 2 is 1.82 bits per heavy atom. The lowest BCUT2D eigenvalue weighted by Gasteiger charge is -2.35. The van der Waals surface area contributed by atoms with Gasteiger partial charge in [-0.15, -0.1) is 0 Å². The molecule has 6 nitrogen and oxygen atoms in total. The van der Waals surface area contributed by atoms with Crippen LogP contribution in [0.4, 0.5) is 14.5 Å². The summed E-state index contributed by atoms with van der Waals surface area (Å²) in [5, 5.41) is 22.7. The monoisotopic (exact) mass is 450 g/mol. The van der Waals surface area contributed by atoms with E-state index in [0.29, 0.717) is 22.9 Å². The number of likely N-dealkylation sites (tertiary alicyclic amines) is 1. The summed E-state index contributed by atoms with van der Waals surface area (Å²) in [6, 6.07) is 13.9. The Hall–Kier alpha value is -3.78. The van der Waals surface area contributed by atoms with Crippen molar-refractivity contribution in [1.82, 2.24) is 4.90 Å². The van der Waals surface area contributed by atoms with Gasteiger partial charge in [0, 0.05) is 29.8 Å². The van der Waals surface area contributed by atoms with Crippen LogP contribution >= 0.6 is 0 Å². The predicted molar refractivity (Wildman–Crippen MR) is 116 cm³/mol. The van der Waals surface area contributed by atoms with Crippen LogP contribution < -0.4 is 5.32 Å². The van der Waals surface area contributed by atoms with E-state index in [1.54, 1.807) is 42.3 Å². The Labute approximate surface area is 188 Å². The lowest BCUT2D eigenvalue weighted by atomic mass is 9.70. The zero-order valence-corrected chi connectivity index (χ0v) is 17.5. The van der Waals surface area contributed by atoms with Gasteiger partial charge in [0.05, 0.1) is 11.5 Å². The Bertz CT molecular complexity index is 1310. The molecule has 2 heterocycles. The summed E-state index contributed by atoms with van der Waals surface area (Å²) < 4.78 is 28.3. The van der Waals surface area contributed by atoms with Gasteiger partial charge in [0.25, 0.3) is 0 Å². The molecule has 33 heavy (non-hydrogen) atoms. The fourth-order valence-electron chi connectivity index (χ4n) is 5.32. The van der Waals surface area contributed by atoms with E-state index in [1.807, 2.05) is 0 Å². The summed E-state index contributed by atoms with van der Waals surface area (Å²) in [6.45, 7) is 0.241. The molecule has 2 aliphatic rings. The Balaban J connectivity index is 1.74. The van der Waals surface area contributed by atoms with Crippen LogP contribution in [0.25, 0.3) is 0 Å². The number of rotatable bonds is 3. The molecule has 5 rings (SSSR count). The van der Waals surface area contributed by atoms with E-state index in [0.717, 1.165) is 12.1 Å². The standard InChI is InChI=1S/C25H20F2N2O4/c1-29-12-16(13-6-9-20(30)21(31)10-13)22(23(32)15-8-7-14(26)11-18(15)27)25(29)17-4-2-3-5-19(17)28-24(25)33/h2-11,16,22,30-31H,12H2,1H3,(H,28,33). The van der Waals surface area contributed by atoms with Crippen LogP contribution in [0.3, 0.4) is 0 Å². The van der Waals surface area contributed by atoms with Gasteiger partial charge >= 0.3 is 0 Å². The van der Waals surface area contributed by atoms with Crippen LogP contribution in [0.5, 0.6) is 11.5 Å². The minimum absolute atomic E-state index is 0.241. The molecular formula is C25H20F2N2O4. The number of nitrogens with zero attached hydrogens (tertiary/aromatic N) is 1. The molecule has 0 bridgehead atoms. The molecule has 0 saturated carbocycles. The first-order valence-corrected chi connectivity index (χ1v) is 10.4. The number of nitrogens with one attached hydrogen (secondary N) is 1. The summed E-state index contributed by atoms with van der Waals surface area (Å²) in [7, 11) is 1.71. The van der Waals surface area contributed by atoms with E-state index >= 15 is 0 Å². The fraction of sp³-hybridized carbons (Fsp3) is 0.200. The maximum Gasteiger partial charge on any atom is 0.250 e. The van der Waals surface area contributed by atoms with Gasteiger partial charge in [0.15, 0.2) is 17.3 Å². The highest BCUT2D eigenvalue weighted by Gasteiger charge is 2.64. The lowest BCUT2D eigenvalue weighted by Crippen LogP contribution is -2.51. The smallest absolute Gasteiger partial charge is 0.250 e. The second-order valence-corrected chi connectivity index (χ2v) is 8.47. The van der Waals surface area contributed by atoms with Crippen LogP contribution in [-0.2, 0) is 10.3 Å². The molecule has 3 aromatic carbocycles. The number of hydrogen-bond donors (Lipinski definition) is 3. The second-order valence-electron chi connectivity index (χ2n) is 8.47. The molecule has 0 radical (unpaired) electrons. The van der Waals surface area contributed by atoms with Crippen molar-refractivity contribution in [2.24, 2.45) is 5.92 Å². The number of para-hydroxylation sites is 1. The van der Waals surface area contributed by atoms with Gasteiger partial charge in [-0.2, -0.15) is 0 Å². The van der Waals surface area contributed by atoms with Crippen molar-refractivity contribution in [3.63, 3.8) is 0 Å². The number of benzene rings is 3. The molecule has 1 fully saturated rings. The number of anilines is 1. The molecule has 1 amide bonds. The highest BCUT2D eigenvalue weighted by molar-refractivity contribution is 6.12. The van der Waals surface area contributed by atoms with Gasteiger partial charge in [-0.1, -0.05) is 24.3 Å². The maximum absolute atomic E-state index is 14.7. The molecule has 1 spiro atoms. The first kappa shape index (κ1) is 21.1. The van der Waals surface area contributed by atoms with Crippen LogP contribution in [0.15, 0.2) is 60.7 Å². The highest BCUT2D eigenvalue weighted by Crippen LogP contribution is 2.56. The van der Waals surface area contributed by atoms with E-state index < -0.39 is 40.7 Å². The predicted octanol–water partition coefficient (Wildman–Crippen LogP) is 3.75. The maximum atomic E-state index is 14.7. The first-order chi connectivity index (χ1) is 15.7. The van der Waals surface area contributed by atoms with E-state index in [9.17, 15) is 28.6 Å². The van der Waals surface area contributed by atoms with Crippen LogP contribution in [0.2, 0.25) is 0 Å². The summed E-state index contributed by atoms with van der Waals surface area (Å²) in [5.74, 6) is -5.30. The molecule has 8 heteroatoms. The van der Waals surface area contributed by atoms with E-state index in [1.165, 1.54) is 12.1 Å². The number of amides is 1. The summed E-state index contributed by atoms with van der Waals surface area (Å²) in [6.07, 6.45) is 0. The molecule has 3 unspecified atom stereocenters. The Morgan fingerprint density at radius 3 is 2.55 bits per heavy atom. The Kier molecular flexibility index (Phi) is 4.72. The van der Waals surface area contributed by atoms with E-state index in [2.05, 4.69) is 5.32 Å². The largest absolute Gasteiger partial charge is 0.504 e. The van der Waals surface area contributed by atoms with Crippen molar-refractivity contribution < 1.29 is 28.6 Å². The van der Waals surface area contributed by atoms with Gasteiger partial charge < -0.3 is 15.5 Å².